The Morgan fingerprint density at radius 1 is 1.10 bits per heavy atom. The van der Waals surface area contributed by atoms with Crippen molar-refractivity contribution in [2.24, 2.45) is 5.73 Å². The molecule has 1 fully saturated rings. The second kappa shape index (κ2) is 7.04. The first kappa shape index (κ1) is 16.0. The Hall–Kier alpha value is -1.40. The van der Waals surface area contributed by atoms with Crippen LogP contribution in [0.4, 0.5) is 0 Å². The zero-order valence-electron chi connectivity index (χ0n) is 12.2. The molecule has 0 spiro atoms. The van der Waals surface area contributed by atoms with E-state index >= 15 is 0 Å². The molecule has 1 saturated heterocycles. The van der Waals surface area contributed by atoms with Gasteiger partial charge in [-0.25, -0.2) is 8.42 Å². The van der Waals surface area contributed by atoms with Gasteiger partial charge >= 0.3 is 0 Å². The van der Waals surface area contributed by atoms with E-state index in [0.29, 0.717) is 17.0 Å². The summed E-state index contributed by atoms with van der Waals surface area (Å²) in [5, 5.41) is 7.32. The van der Waals surface area contributed by atoms with E-state index in [1.165, 1.54) is 25.0 Å². The molecule has 3 N–H and O–H groups in total. The molecule has 2 rings (SSSR count). The van der Waals surface area contributed by atoms with Crippen LogP contribution in [0.25, 0.3) is 0 Å². The number of nitrogen functional groups attached to an aromatic ring is 1. The lowest BCUT2D eigenvalue weighted by molar-refractivity contribution is 0.301. The Morgan fingerprint density at radius 2 is 1.67 bits per heavy atom. The van der Waals surface area contributed by atoms with Crippen molar-refractivity contribution < 1.29 is 8.42 Å². The molecule has 0 saturated carbocycles. The Balaban J connectivity index is 1.98. The van der Waals surface area contributed by atoms with Crippen LogP contribution in [0.2, 0.25) is 0 Å². The van der Waals surface area contributed by atoms with E-state index in [9.17, 15) is 8.42 Å². The lowest BCUT2D eigenvalue weighted by Crippen LogP contribution is -2.30. The molecule has 0 aromatic heterocycles. The Kier molecular flexibility index (Phi) is 5.36. The quantitative estimate of drug-likeness (QED) is 0.639. The summed E-state index contributed by atoms with van der Waals surface area (Å²) in [6, 6.07) is 6.24. The highest BCUT2D eigenvalue weighted by Crippen LogP contribution is 2.14. The van der Waals surface area contributed by atoms with Crippen LogP contribution < -0.4 is 5.73 Å². The maximum absolute atomic E-state index is 12.3. The number of nitrogens with zero attached hydrogens (tertiary/aromatic N) is 1. The highest BCUT2D eigenvalue weighted by atomic mass is 32.2. The lowest BCUT2D eigenvalue weighted by Gasteiger charge is -2.19. The summed E-state index contributed by atoms with van der Waals surface area (Å²) in [6.45, 7) is 2.59. The first-order valence-electron chi connectivity index (χ1n) is 7.38. The van der Waals surface area contributed by atoms with Gasteiger partial charge in [-0.05, 0) is 38.1 Å². The van der Waals surface area contributed by atoms with Gasteiger partial charge < -0.3 is 10.6 Å². The summed E-state index contributed by atoms with van der Waals surface area (Å²) in [5.74, 6) is 0.0930. The van der Waals surface area contributed by atoms with Gasteiger partial charge in [-0.15, -0.1) is 0 Å². The van der Waals surface area contributed by atoms with Crippen molar-refractivity contribution in [3.05, 3.63) is 29.8 Å². The first-order chi connectivity index (χ1) is 9.99. The molecule has 116 valence electrons. The van der Waals surface area contributed by atoms with E-state index in [1.807, 2.05) is 0 Å². The highest BCUT2D eigenvalue weighted by molar-refractivity contribution is 7.91. The van der Waals surface area contributed by atoms with Crippen LogP contribution in [0.1, 0.15) is 31.2 Å². The zero-order chi connectivity index (χ0) is 15.3. The number of hydrogen-bond donors (Lipinski definition) is 2. The van der Waals surface area contributed by atoms with Gasteiger partial charge in [-0.2, -0.15) is 0 Å². The summed E-state index contributed by atoms with van der Waals surface area (Å²) in [7, 11) is -3.27. The lowest BCUT2D eigenvalue weighted by atomic mass is 10.2. The Bertz CT molecular complexity index is 573. The largest absolute Gasteiger partial charge is 0.384 e. The molecule has 1 heterocycles. The molecule has 1 aromatic carbocycles. The van der Waals surface area contributed by atoms with Gasteiger partial charge in [0.05, 0.1) is 10.6 Å². The maximum Gasteiger partial charge on any atom is 0.179 e. The first-order valence-corrected chi connectivity index (χ1v) is 9.04. The van der Waals surface area contributed by atoms with Gasteiger partial charge in [-0.1, -0.05) is 25.0 Å². The predicted molar refractivity (Wildman–Crippen MR) is 84.4 cm³/mol. The van der Waals surface area contributed by atoms with Crippen molar-refractivity contribution in [3.8, 4) is 0 Å². The van der Waals surface area contributed by atoms with E-state index in [0.717, 1.165) is 25.9 Å². The summed E-state index contributed by atoms with van der Waals surface area (Å²) >= 11 is 0. The fraction of sp³-hybridized carbons (Fsp3) is 0.533. The third kappa shape index (κ3) is 4.54. The third-order valence-electron chi connectivity index (χ3n) is 3.90. The standard InChI is InChI=1S/C15H23N3O2S/c16-15(17)13-5-7-14(8-6-13)21(19,20)12-11-18-9-3-1-2-4-10-18/h5-8H,1-4,9-12H2,(H3,16,17). The van der Waals surface area contributed by atoms with Crippen molar-refractivity contribution in [1.82, 2.24) is 4.90 Å². The highest BCUT2D eigenvalue weighted by Gasteiger charge is 2.17. The number of nitrogens with one attached hydrogen (secondary N) is 1. The van der Waals surface area contributed by atoms with Crippen molar-refractivity contribution >= 4 is 15.7 Å². The van der Waals surface area contributed by atoms with Crippen molar-refractivity contribution in [3.63, 3.8) is 0 Å². The van der Waals surface area contributed by atoms with Crippen LogP contribution in [0, 0.1) is 5.41 Å². The minimum atomic E-state index is -3.27. The van der Waals surface area contributed by atoms with Crippen molar-refractivity contribution in [1.29, 1.82) is 5.41 Å². The van der Waals surface area contributed by atoms with Gasteiger partial charge in [-0.3, -0.25) is 5.41 Å². The molecular formula is C15H23N3O2S. The fourth-order valence-electron chi connectivity index (χ4n) is 2.57. The molecule has 1 aliphatic rings. The van der Waals surface area contributed by atoms with Crippen molar-refractivity contribution in [2.75, 3.05) is 25.4 Å². The van der Waals surface area contributed by atoms with Gasteiger partial charge in [0, 0.05) is 12.1 Å². The average molecular weight is 309 g/mol. The summed E-state index contributed by atoms with van der Waals surface area (Å²) in [6.07, 6.45) is 4.81. The van der Waals surface area contributed by atoms with Crippen LogP contribution in [-0.4, -0.2) is 44.5 Å². The normalized spacial score (nSPS) is 17.3. The van der Waals surface area contributed by atoms with Gasteiger partial charge in [0.2, 0.25) is 0 Å². The molecule has 6 heteroatoms. The monoisotopic (exact) mass is 309 g/mol. The smallest absolute Gasteiger partial charge is 0.179 e. The van der Waals surface area contributed by atoms with Gasteiger partial charge in [0.1, 0.15) is 5.84 Å². The minimum absolute atomic E-state index is 0.0523. The summed E-state index contributed by atoms with van der Waals surface area (Å²) in [4.78, 5) is 2.55. The molecule has 0 unspecified atom stereocenters. The molecule has 5 nitrogen and oxygen atoms in total. The average Bonchev–Trinajstić information content (AvgIpc) is 2.74. The van der Waals surface area contributed by atoms with Crippen LogP contribution in [0.15, 0.2) is 29.2 Å². The van der Waals surface area contributed by atoms with E-state index in [-0.39, 0.29) is 11.6 Å². The summed E-state index contributed by atoms with van der Waals surface area (Å²) in [5.41, 5.74) is 5.91. The topological polar surface area (TPSA) is 87.2 Å². The van der Waals surface area contributed by atoms with E-state index in [1.54, 1.807) is 12.1 Å². The van der Waals surface area contributed by atoms with E-state index in [4.69, 9.17) is 11.1 Å². The molecule has 0 aliphatic carbocycles. The van der Waals surface area contributed by atoms with E-state index < -0.39 is 9.84 Å². The molecule has 0 atom stereocenters. The number of nitrogens with two attached hydrogens (primary N) is 1. The second-order valence-electron chi connectivity index (χ2n) is 5.51. The molecule has 21 heavy (non-hydrogen) atoms. The summed E-state index contributed by atoms with van der Waals surface area (Å²) < 4.78 is 24.7. The van der Waals surface area contributed by atoms with Crippen LogP contribution in [-0.2, 0) is 9.84 Å². The second-order valence-corrected chi connectivity index (χ2v) is 7.62. The number of amidine groups is 1. The van der Waals surface area contributed by atoms with Crippen molar-refractivity contribution in [2.45, 2.75) is 30.6 Å². The third-order valence-corrected chi connectivity index (χ3v) is 5.61. The van der Waals surface area contributed by atoms with E-state index in [2.05, 4.69) is 4.90 Å². The predicted octanol–water partition coefficient (Wildman–Crippen LogP) is 1.62. The van der Waals surface area contributed by atoms with Gasteiger partial charge in [0.25, 0.3) is 0 Å². The molecular weight excluding hydrogens is 286 g/mol. The van der Waals surface area contributed by atoms with Crippen LogP contribution >= 0.6 is 0 Å². The minimum Gasteiger partial charge on any atom is -0.384 e. The zero-order valence-corrected chi connectivity index (χ0v) is 13.0. The Morgan fingerprint density at radius 3 is 2.19 bits per heavy atom. The van der Waals surface area contributed by atoms with Crippen LogP contribution in [0.3, 0.4) is 0 Å². The van der Waals surface area contributed by atoms with Crippen LogP contribution in [0.5, 0.6) is 0 Å². The Labute approximate surface area is 126 Å². The number of likely N-dealkylation sites (tertiary alicyclic amines) is 1. The molecule has 0 bridgehead atoms. The molecule has 1 aliphatic heterocycles. The molecule has 0 radical (unpaired) electrons. The number of sulfone groups is 1. The molecule has 0 amide bonds. The number of rotatable bonds is 5. The fourth-order valence-corrected chi connectivity index (χ4v) is 3.85. The SMILES string of the molecule is N=C(N)c1ccc(S(=O)(=O)CCN2CCCCCC2)cc1. The molecule has 1 aromatic rings. The van der Waals surface area contributed by atoms with Gasteiger partial charge in [0.15, 0.2) is 9.84 Å². The number of benzene rings is 1. The maximum atomic E-state index is 12.3. The number of hydrogen-bond acceptors (Lipinski definition) is 4.